The Balaban J connectivity index is 1.66. The number of nitrogens with one attached hydrogen (secondary N) is 3. The molecular formula is C32H41N5O5. The van der Waals surface area contributed by atoms with Crippen LogP contribution in [0, 0.1) is 5.92 Å². The molecule has 0 aromatic heterocycles. The average Bonchev–Trinajstić information content (AvgIpc) is 3.39. The van der Waals surface area contributed by atoms with Crippen molar-refractivity contribution >= 4 is 29.7 Å². The Hall–Kier alpha value is -4.18. The zero-order chi connectivity index (χ0) is 30.4. The molecule has 0 spiro atoms. The van der Waals surface area contributed by atoms with Crippen LogP contribution >= 0.6 is 0 Å². The third-order valence-corrected chi connectivity index (χ3v) is 7.86. The SMILES string of the molecule is CC(C)[C@H](NC(=O)[C@@H](C)N(C)C)C(=O)N1CC[C@@H]2Oc3ccc(cc3)/C=C\NC(=O)[C@H](Cc3ccccc3)NC(=O)[C@H]21. The molecule has 2 aromatic carbocycles. The summed E-state index contributed by atoms with van der Waals surface area (Å²) in [5, 5.41) is 8.59. The zero-order valence-electron chi connectivity index (χ0n) is 24.9. The van der Waals surface area contributed by atoms with E-state index in [0.717, 1.165) is 11.1 Å². The van der Waals surface area contributed by atoms with Crippen LogP contribution in [-0.2, 0) is 25.6 Å². The quantitative estimate of drug-likeness (QED) is 0.464. The highest BCUT2D eigenvalue weighted by Crippen LogP contribution is 2.27. The molecule has 0 aliphatic carbocycles. The lowest BCUT2D eigenvalue weighted by Gasteiger charge is -2.33. The lowest BCUT2D eigenvalue weighted by atomic mass is 10.0. The van der Waals surface area contributed by atoms with Crippen LogP contribution in [0.5, 0.6) is 5.75 Å². The number of fused-ring (bicyclic) bond motifs is 7. The number of benzene rings is 2. The summed E-state index contributed by atoms with van der Waals surface area (Å²) in [4.78, 5) is 57.5. The number of carbonyl (C=O) groups is 4. The first-order valence-electron chi connectivity index (χ1n) is 14.4. The maximum Gasteiger partial charge on any atom is 0.247 e. The number of carbonyl (C=O) groups excluding carboxylic acids is 4. The number of ether oxygens (including phenoxy) is 1. The van der Waals surface area contributed by atoms with Gasteiger partial charge in [0.1, 0.15) is 30.0 Å². The fourth-order valence-corrected chi connectivity index (χ4v) is 5.11. The van der Waals surface area contributed by atoms with E-state index in [1.54, 1.807) is 50.3 Å². The zero-order valence-corrected chi connectivity index (χ0v) is 24.9. The molecule has 2 aromatic rings. The molecule has 3 aliphatic heterocycles. The molecule has 1 fully saturated rings. The molecule has 0 saturated carbocycles. The van der Waals surface area contributed by atoms with E-state index >= 15 is 0 Å². The molecule has 0 unspecified atom stereocenters. The van der Waals surface area contributed by atoms with E-state index in [4.69, 9.17) is 4.74 Å². The Bertz CT molecular complexity index is 1290. The highest BCUT2D eigenvalue weighted by molar-refractivity contribution is 5.96. The van der Waals surface area contributed by atoms with Gasteiger partial charge >= 0.3 is 0 Å². The molecule has 3 N–H and O–H groups in total. The summed E-state index contributed by atoms with van der Waals surface area (Å²) in [5.41, 5.74) is 1.74. The molecule has 42 heavy (non-hydrogen) atoms. The Morgan fingerprint density at radius 1 is 1.02 bits per heavy atom. The third-order valence-electron chi connectivity index (χ3n) is 7.86. The Kier molecular flexibility index (Phi) is 10.0. The van der Waals surface area contributed by atoms with E-state index in [2.05, 4.69) is 16.0 Å². The molecule has 0 radical (unpaired) electrons. The average molecular weight is 576 g/mol. The smallest absolute Gasteiger partial charge is 0.247 e. The largest absolute Gasteiger partial charge is 0.488 e. The lowest BCUT2D eigenvalue weighted by Crippen LogP contribution is -2.60. The number of amides is 4. The van der Waals surface area contributed by atoms with Gasteiger partial charge in [0, 0.05) is 25.6 Å². The van der Waals surface area contributed by atoms with Crippen molar-refractivity contribution in [1.29, 1.82) is 0 Å². The van der Waals surface area contributed by atoms with Crippen LogP contribution in [0.15, 0.2) is 60.8 Å². The molecule has 1 saturated heterocycles. The molecule has 224 valence electrons. The first-order chi connectivity index (χ1) is 20.0. The Labute approximate surface area is 247 Å². The van der Waals surface area contributed by atoms with E-state index < -0.39 is 36.2 Å². The van der Waals surface area contributed by atoms with Crippen LogP contribution < -0.4 is 20.7 Å². The van der Waals surface area contributed by atoms with Gasteiger partial charge in [0.2, 0.25) is 23.6 Å². The first-order valence-corrected chi connectivity index (χ1v) is 14.4. The van der Waals surface area contributed by atoms with Crippen LogP contribution in [0.3, 0.4) is 0 Å². The van der Waals surface area contributed by atoms with Crippen LogP contribution in [0.25, 0.3) is 6.08 Å². The van der Waals surface area contributed by atoms with E-state index in [1.165, 1.54) is 4.90 Å². The van der Waals surface area contributed by atoms with Crippen LogP contribution in [0.4, 0.5) is 0 Å². The van der Waals surface area contributed by atoms with Crippen molar-refractivity contribution in [3.05, 3.63) is 71.9 Å². The molecule has 3 aliphatic rings. The predicted molar refractivity (Wildman–Crippen MR) is 160 cm³/mol. The Morgan fingerprint density at radius 3 is 2.36 bits per heavy atom. The van der Waals surface area contributed by atoms with Gasteiger partial charge in [0.05, 0.1) is 6.04 Å². The summed E-state index contributed by atoms with van der Waals surface area (Å²) in [6.45, 7) is 5.74. The number of hydrogen-bond acceptors (Lipinski definition) is 6. The monoisotopic (exact) mass is 575 g/mol. The predicted octanol–water partition coefficient (Wildman–Crippen LogP) is 1.95. The van der Waals surface area contributed by atoms with Crippen LogP contribution in [0.2, 0.25) is 0 Å². The van der Waals surface area contributed by atoms with Gasteiger partial charge in [-0.2, -0.15) is 0 Å². The number of hydrogen-bond donors (Lipinski definition) is 3. The number of likely N-dealkylation sites (N-methyl/N-ethyl adjacent to an activating group) is 1. The topological polar surface area (TPSA) is 120 Å². The second kappa shape index (κ2) is 13.7. The van der Waals surface area contributed by atoms with Crippen molar-refractivity contribution in [3.63, 3.8) is 0 Å². The second-order valence-corrected chi connectivity index (χ2v) is 11.5. The molecule has 3 heterocycles. The fraction of sp³-hybridized carbons (Fsp3) is 0.438. The summed E-state index contributed by atoms with van der Waals surface area (Å²) in [7, 11) is 3.59. The highest BCUT2D eigenvalue weighted by Gasteiger charge is 2.46. The molecule has 10 nitrogen and oxygen atoms in total. The van der Waals surface area contributed by atoms with Crippen molar-refractivity contribution in [2.45, 2.75) is 63.9 Å². The lowest BCUT2D eigenvalue weighted by molar-refractivity contribution is -0.144. The van der Waals surface area contributed by atoms with E-state index in [9.17, 15) is 19.2 Å². The molecular weight excluding hydrogens is 534 g/mol. The summed E-state index contributed by atoms with van der Waals surface area (Å²) >= 11 is 0. The minimum atomic E-state index is -1.01. The fourth-order valence-electron chi connectivity index (χ4n) is 5.11. The van der Waals surface area contributed by atoms with Gasteiger partial charge < -0.3 is 25.6 Å². The van der Waals surface area contributed by atoms with Gasteiger partial charge in [-0.15, -0.1) is 0 Å². The minimum absolute atomic E-state index is 0.228. The second-order valence-electron chi connectivity index (χ2n) is 11.5. The van der Waals surface area contributed by atoms with Crippen molar-refractivity contribution in [2.24, 2.45) is 5.92 Å². The van der Waals surface area contributed by atoms with E-state index in [-0.39, 0.29) is 36.6 Å². The highest BCUT2D eigenvalue weighted by atomic mass is 16.5. The van der Waals surface area contributed by atoms with Gasteiger partial charge in [-0.05, 0) is 56.3 Å². The maximum atomic E-state index is 14.0. The third kappa shape index (κ3) is 7.36. The number of rotatable bonds is 7. The molecule has 5 atom stereocenters. The summed E-state index contributed by atoms with van der Waals surface area (Å²) < 4.78 is 6.28. The molecule has 2 bridgehead atoms. The Morgan fingerprint density at radius 2 is 1.71 bits per heavy atom. The standard InChI is InChI=1S/C32H41N5O5/c1-20(2)27(35-29(38)21(3)36(4)5)32(41)37-18-16-26-28(37)31(40)34-25(19-23-9-7-6-8-10-23)30(39)33-17-15-22-11-13-24(42-26)14-12-22/h6-15,17,20-21,25-28H,16,18-19H2,1-5H3,(H,33,39)(H,34,40)(H,35,38)/b17-15-/t21-,25+,26+,27+,28+/m1/s1. The normalized spacial score (nSPS) is 22.8. The first kappa shape index (κ1) is 30.8. The van der Waals surface area contributed by atoms with Gasteiger partial charge in [0.25, 0.3) is 0 Å². The maximum absolute atomic E-state index is 14.0. The molecule has 5 rings (SSSR count). The van der Waals surface area contributed by atoms with Crippen molar-refractivity contribution < 1.29 is 23.9 Å². The van der Waals surface area contributed by atoms with Crippen LogP contribution in [0.1, 0.15) is 38.3 Å². The van der Waals surface area contributed by atoms with Crippen molar-refractivity contribution in [2.75, 3.05) is 20.6 Å². The van der Waals surface area contributed by atoms with Crippen LogP contribution in [-0.4, -0.2) is 84.3 Å². The molecule has 4 amide bonds. The number of likely N-dealkylation sites (tertiary alicyclic amines) is 1. The minimum Gasteiger partial charge on any atom is -0.488 e. The van der Waals surface area contributed by atoms with E-state index in [1.807, 2.05) is 56.3 Å². The van der Waals surface area contributed by atoms with Crippen molar-refractivity contribution in [1.82, 2.24) is 25.8 Å². The molecule has 10 heteroatoms. The van der Waals surface area contributed by atoms with Gasteiger partial charge in [0.15, 0.2) is 0 Å². The van der Waals surface area contributed by atoms with Crippen molar-refractivity contribution in [3.8, 4) is 5.75 Å². The summed E-state index contributed by atoms with van der Waals surface area (Å²) in [5.74, 6) is -1.17. The van der Waals surface area contributed by atoms with Gasteiger partial charge in [-0.25, -0.2) is 0 Å². The summed E-state index contributed by atoms with van der Waals surface area (Å²) in [6, 6.07) is 13.5. The number of nitrogens with zero attached hydrogens (tertiary/aromatic N) is 2. The van der Waals surface area contributed by atoms with Gasteiger partial charge in [-0.3, -0.25) is 24.1 Å². The summed E-state index contributed by atoms with van der Waals surface area (Å²) in [6.07, 6.45) is 3.34. The van der Waals surface area contributed by atoms with Gasteiger partial charge in [-0.1, -0.05) is 56.3 Å². The van der Waals surface area contributed by atoms with E-state index in [0.29, 0.717) is 12.2 Å².